The average Bonchev–Trinajstić information content (AvgIpc) is 3.01. The third kappa shape index (κ3) is 5.38. The molecule has 0 aliphatic carbocycles. The van der Waals surface area contributed by atoms with E-state index in [0.29, 0.717) is 17.7 Å². The molecule has 2 N–H and O–H groups in total. The van der Waals surface area contributed by atoms with Crippen molar-refractivity contribution >= 4 is 17.7 Å². The maximum atomic E-state index is 10.8. The summed E-state index contributed by atoms with van der Waals surface area (Å²) in [5, 5.41) is 12.3. The van der Waals surface area contributed by atoms with Crippen LogP contribution in [0.4, 0.5) is 11.8 Å². The molecule has 1 aromatic heterocycles. The molecular formula is C22H29N5O3. The van der Waals surface area contributed by atoms with Gasteiger partial charge in [-0.25, -0.2) is 9.78 Å². The van der Waals surface area contributed by atoms with Crippen LogP contribution in [0.25, 0.3) is 0 Å². The Morgan fingerprint density at radius 3 is 2.67 bits per heavy atom. The van der Waals surface area contributed by atoms with Gasteiger partial charge in [-0.3, -0.25) is 4.90 Å². The summed E-state index contributed by atoms with van der Waals surface area (Å²) < 4.78 is 5.40. The third-order valence-corrected chi connectivity index (χ3v) is 5.58. The Labute approximate surface area is 176 Å². The van der Waals surface area contributed by atoms with Crippen LogP contribution in [-0.2, 0) is 11.3 Å². The van der Waals surface area contributed by atoms with E-state index in [4.69, 9.17) is 14.8 Å². The Morgan fingerprint density at radius 2 is 1.90 bits per heavy atom. The van der Waals surface area contributed by atoms with Gasteiger partial charge in [-0.15, -0.1) is 0 Å². The van der Waals surface area contributed by atoms with Gasteiger partial charge in [0.25, 0.3) is 0 Å². The molecule has 8 heteroatoms. The van der Waals surface area contributed by atoms with Crippen molar-refractivity contribution in [1.82, 2.24) is 14.9 Å². The highest BCUT2D eigenvalue weighted by atomic mass is 16.5. The Balaban J connectivity index is 1.28. The molecule has 0 unspecified atom stereocenters. The number of carbonyl (C=O) groups is 1. The first-order valence-electron chi connectivity index (χ1n) is 10.7. The number of carboxylic acids is 1. The molecule has 3 heterocycles. The van der Waals surface area contributed by atoms with Crippen molar-refractivity contribution in [3.05, 3.63) is 42.1 Å². The lowest BCUT2D eigenvalue weighted by Gasteiger charge is -2.39. The van der Waals surface area contributed by atoms with Crippen molar-refractivity contribution in [3.8, 4) is 5.75 Å². The maximum Gasteiger partial charge on any atom is 0.341 e. The number of aromatic nitrogens is 2. The molecule has 0 radical (unpaired) electrons. The second kappa shape index (κ2) is 9.75. The van der Waals surface area contributed by atoms with Crippen LogP contribution >= 0.6 is 0 Å². The second-order valence-corrected chi connectivity index (χ2v) is 7.97. The van der Waals surface area contributed by atoms with E-state index in [1.54, 1.807) is 0 Å². The number of carboxylic acid groups (broad SMARTS) is 1. The lowest BCUT2D eigenvalue weighted by atomic mass is 10.1. The van der Waals surface area contributed by atoms with Gasteiger partial charge in [0.2, 0.25) is 5.95 Å². The highest BCUT2D eigenvalue weighted by Crippen LogP contribution is 2.24. The van der Waals surface area contributed by atoms with E-state index in [0.717, 1.165) is 44.1 Å². The van der Waals surface area contributed by atoms with Gasteiger partial charge < -0.3 is 20.1 Å². The van der Waals surface area contributed by atoms with Crippen molar-refractivity contribution < 1.29 is 14.6 Å². The van der Waals surface area contributed by atoms with Crippen LogP contribution in [0, 0.1) is 0 Å². The van der Waals surface area contributed by atoms with Gasteiger partial charge >= 0.3 is 5.97 Å². The number of para-hydroxylation sites is 1. The fourth-order valence-corrected chi connectivity index (χ4v) is 4.02. The maximum absolute atomic E-state index is 10.8. The molecule has 8 nitrogen and oxygen atoms in total. The second-order valence-electron chi connectivity index (χ2n) is 7.97. The molecular weight excluding hydrogens is 382 g/mol. The van der Waals surface area contributed by atoms with E-state index in [-0.39, 0.29) is 6.61 Å². The molecule has 0 atom stereocenters. The molecule has 30 heavy (non-hydrogen) atoms. The largest absolute Gasteiger partial charge is 0.482 e. The van der Waals surface area contributed by atoms with E-state index in [1.165, 1.54) is 25.7 Å². The van der Waals surface area contributed by atoms with Crippen LogP contribution in [0.1, 0.15) is 31.2 Å². The lowest BCUT2D eigenvalue weighted by Crippen LogP contribution is -2.54. The van der Waals surface area contributed by atoms with Gasteiger partial charge in [-0.05, 0) is 25.0 Å². The van der Waals surface area contributed by atoms with Crippen LogP contribution in [0.5, 0.6) is 5.75 Å². The number of hydrogen-bond donors (Lipinski definition) is 2. The molecule has 0 saturated carbocycles. The summed E-state index contributed by atoms with van der Waals surface area (Å²) >= 11 is 0. The standard InChI is InChI=1S/C22H29N5O3/c28-21(29)16-30-19-8-4-3-7-17(19)13-26-14-18(15-26)24-22-23-10-9-20(25-22)27-11-5-1-2-6-12-27/h3-4,7-10,18H,1-2,5-6,11-16H2,(H,28,29)(H,23,24,25). The number of anilines is 2. The molecule has 4 rings (SSSR count). The molecule has 2 aliphatic heterocycles. The summed E-state index contributed by atoms with van der Waals surface area (Å²) in [7, 11) is 0. The molecule has 2 aromatic rings. The zero-order valence-corrected chi connectivity index (χ0v) is 17.2. The number of likely N-dealkylation sites (tertiary alicyclic amines) is 1. The number of aliphatic carboxylic acids is 1. The predicted octanol–water partition coefficient (Wildman–Crippen LogP) is 2.62. The Morgan fingerprint density at radius 1 is 1.13 bits per heavy atom. The topological polar surface area (TPSA) is 90.8 Å². The predicted molar refractivity (Wildman–Crippen MR) is 115 cm³/mol. The molecule has 160 valence electrons. The number of rotatable bonds is 8. The van der Waals surface area contributed by atoms with E-state index in [2.05, 4.69) is 20.1 Å². The summed E-state index contributed by atoms with van der Waals surface area (Å²) in [5.41, 5.74) is 0.997. The van der Waals surface area contributed by atoms with Crippen LogP contribution in [0.15, 0.2) is 36.5 Å². The quantitative estimate of drug-likeness (QED) is 0.685. The summed E-state index contributed by atoms with van der Waals surface area (Å²) in [4.78, 5) is 24.6. The molecule has 0 bridgehead atoms. The van der Waals surface area contributed by atoms with Crippen molar-refractivity contribution in [3.63, 3.8) is 0 Å². The first-order valence-corrected chi connectivity index (χ1v) is 10.7. The molecule has 0 amide bonds. The highest BCUT2D eigenvalue weighted by molar-refractivity contribution is 5.68. The van der Waals surface area contributed by atoms with Gasteiger partial charge in [0.05, 0.1) is 6.04 Å². The number of nitrogens with one attached hydrogen (secondary N) is 1. The molecule has 0 spiro atoms. The normalized spacial score (nSPS) is 17.8. The van der Waals surface area contributed by atoms with Crippen LogP contribution in [0.2, 0.25) is 0 Å². The van der Waals surface area contributed by atoms with Gasteiger partial charge in [0, 0.05) is 44.5 Å². The molecule has 2 aliphatic rings. The Hall–Kier alpha value is -2.87. The van der Waals surface area contributed by atoms with Crippen LogP contribution < -0.4 is 15.0 Å². The minimum atomic E-state index is -0.972. The van der Waals surface area contributed by atoms with Crippen LogP contribution in [-0.4, -0.2) is 64.8 Å². The SMILES string of the molecule is O=C(O)COc1ccccc1CN1CC(Nc2nccc(N3CCCCCC3)n2)C1. The lowest BCUT2D eigenvalue weighted by molar-refractivity contribution is -0.139. The first-order chi connectivity index (χ1) is 14.7. The van der Waals surface area contributed by atoms with Gasteiger partial charge in [-0.1, -0.05) is 31.0 Å². The number of benzene rings is 1. The Kier molecular flexibility index (Phi) is 6.63. The van der Waals surface area contributed by atoms with Gasteiger partial charge in [-0.2, -0.15) is 4.98 Å². The minimum Gasteiger partial charge on any atom is -0.482 e. The smallest absolute Gasteiger partial charge is 0.341 e. The van der Waals surface area contributed by atoms with E-state index in [1.807, 2.05) is 36.5 Å². The minimum absolute atomic E-state index is 0.302. The monoisotopic (exact) mass is 411 g/mol. The first kappa shape index (κ1) is 20.4. The fraction of sp³-hybridized carbons (Fsp3) is 0.500. The van der Waals surface area contributed by atoms with Crippen molar-refractivity contribution in [2.45, 2.75) is 38.3 Å². The molecule has 2 saturated heterocycles. The number of hydrogen-bond acceptors (Lipinski definition) is 7. The fourth-order valence-electron chi connectivity index (χ4n) is 4.02. The summed E-state index contributed by atoms with van der Waals surface area (Å²) in [6, 6.07) is 9.90. The average molecular weight is 412 g/mol. The molecule has 2 fully saturated rings. The van der Waals surface area contributed by atoms with Crippen molar-refractivity contribution in [1.29, 1.82) is 0 Å². The van der Waals surface area contributed by atoms with Crippen LogP contribution in [0.3, 0.4) is 0 Å². The van der Waals surface area contributed by atoms with E-state index < -0.39 is 5.97 Å². The van der Waals surface area contributed by atoms with Crippen molar-refractivity contribution in [2.75, 3.05) is 43.0 Å². The summed E-state index contributed by atoms with van der Waals surface area (Å²) in [6.07, 6.45) is 6.89. The van der Waals surface area contributed by atoms with E-state index >= 15 is 0 Å². The summed E-state index contributed by atoms with van der Waals surface area (Å²) in [6.45, 7) is 4.29. The number of ether oxygens (including phenoxy) is 1. The summed E-state index contributed by atoms with van der Waals surface area (Å²) in [5.74, 6) is 1.35. The third-order valence-electron chi connectivity index (χ3n) is 5.58. The van der Waals surface area contributed by atoms with E-state index in [9.17, 15) is 4.79 Å². The zero-order valence-electron chi connectivity index (χ0n) is 17.2. The highest BCUT2D eigenvalue weighted by Gasteiger charge is 2.28. The zero-order chi connectivity index (χ0) is 20.8. The van der Waals surface area contributed by atoms with Crippen molar-refractivity contribution in [2.24, 2.45) is 0 Å². The Bertz CT molecular complexity index is 848. The van der Waals surface area contributed by atoms with Gasteiger partial charge in [0.1, 0.15) is 11.6 Å². The number of nitrogens with zero attached hydrogens (tertiary/aromatic N) is 4. The van der Waals surface area contributed by atoms with Gasteiger partial charge in [0.15, 0.2) is 6.61 Å². The molecule has 1 aromatic carbocycles.